The molecule has 0 fully saturated rings. The lowest BCUT2D eigenvalue weighted by atomic mass is 9.88. The Morgan fingerprint density at radius 3 is 2.26 bits per heavy atom. The molecule has 4 unspecified atom stereocenters. The minimum Gasteiger partial charge on any atom is -0.392 e. The Kier molecular flexibility index (Phi) is 16.3. The van der Waals surface area contributed by atoms with Crippen LogP contribution >= 0.6 is 0 Å². The van der Waals surface area contributed by atoms with E-state index in [0.717, 1.165) is 18.4 Å². The van der Waals surface area contributed by atoms with Gasteiger partial charge in [-0.05, 0) is 36.5 Å². The van der Waals surface area contributed by atoms with Crippen LogP contribution < -0.4 is 10.6 Å². The Bertz CT molecular complexity index is 1000. The summed E-state index contributed by atoms with van der Waals surface area (Å²) in [6.45, 7) is 5.67. The van der Waals surface area contributed by atoms with Crippen LogP contribution in [0.25, 0.3) is 0 Å². The van der Waals surface area contributed by atoms with Gasteiger partial charge in [-0.3, -0.25) is 10.1 Å². The third kappa shape index (κ3) is 11.7. The zero-order valence-electron chi connectivity index (χ0n) is 25.5. The fourth-order valence-electron chi connectivity index (χ4n) is 5.32. The Morgan fingerprint density at radius 1 is 1.00 bits per heavy atom. The van der Waals surface area contributed by atoms with Crippen LogP contribution in [-0.2, 0) is 0 Å². The number of unbranched alkanes of at least 4 members (excludes halogenated alkanes) is 8. The van der Waals surface area contributed by atoms with Gasteiger partial charge in [-0.25, -0.2) is 0 Å². The molecular formula is C32H53N3O7. The second kappa shape index (κ2) is 19.0. The molecule has 1 aromatic carbocycles. The number of nitro groups is 1. The normalized spacial score (nSPS) is 23.0. The van der Waals surface area contributed by atoms with Gasteiger partial charge in [0.05, 0.1) is 29.7 Å². The maximum atomic E-state index is 11.7. The van der Waals surface area contributed by atoms with Crippen molar-refractivity contribution in [1.29, 1.82) is 0 Å². The lowest BCUT2D eigenvalue weighted by Gasteiger charge is -2.35. The van der Waals surface area contributed by atoms with Gasteiger partial charge in [0.2, 0.25) is 0 Å². The van der Waals surface area contributed by atoms with E-state index in [0.29, 0.717) is 0 Å². The van der Waals surface area contributed by atoms with Gasteiger partial charge in [-0.1, -0.05) is 95.9 Å². The third-order valence-corrected chi connectivity index (χ3v) is 8.07. The molecule has 1 aliphatic carbocycles. The predicted molar refractivity (Wildman–Crippen MR) is 166 cm³/mol. The Hall–Kier alpha value is -2.34. The van der Waals surface area contributed by atoms with Crippen molar-refractivity contribution in [3.8, 4) is 0 Å². The first-order valence-electron chi connectivity index (χ1n) is 15.6. The number of hydrogen-bond acceptors (Lipinski definition) is 9. The molecule has 10 heteroatoms. The second-order valence-corrected chi connectivity index (χ2v) is 11.8. The van der Waals surface area contributed by atoms with Gasteiger partial charge in [-0.15, -0.1) is 0 Å². The zero-order valence-corrected chi connectivity index (χ0v) is 25.5. The van der Waals surface area contributed by atoms with Crippen LogP contribution in [0.4, 0.5) is 11.4 Å². The minimum atomic E-state index is -1.49. The number of nitrogens with one attached hydrogen (secondary N) is 2. The average Bonchev–Trinajstić information content (AvgIpc) is 2.97. The van der Waals surface area contributed by atoms with Gasteiger partial charge in [0.1, 0.15) is 24.0 Å². The van der Waals surface area contributed by atoms with Crippen molar-refractivity contribution in [3.63, 3.8) is 0 Å². The van der Waals surface area contributed by atoms with Crippen molar-refractivity contribution in [3.05, 3.63) is 57.7 Å². The summed E-state index contributed by atoms with van der Waals surface area (Å²) in [5.74, 6) is 0.248. The molecule has 7 atom stereocenters. The number of aliphatic hydroxyl groups excluding tert-OH is 5. The first-order chi connectivity index (χ1) is 20.1. The van der Waals surface area contributed by atoms with E-state index in [1.807, 2.05) is 6.08 Å². The Balaban J connectivity index is 2.04. The molecule has 238 valence electrons. The van der Waals surface area contributed by atoms with E-state index in [1.165, 1.54) is 63.5 Å². The number of nitro benzene ring substituents is 1. The summed E-state index contributed by atoms with van der Waals surface area (Å²) in [5, 5.41) is 69.3. The minimum absolute atomic E-state index is 0.0585. The molecule has 0 aliphatic heterocycles. The molecule has 1 aromatic rings. The van der Waals surface area contributed by atoms with Gasteiger partial charge in [-0.2, -0.15) is 0 Å². The van der Waals surface area contributed by atoms with Crippen LogP contribution in [0.2, 0.25) is 0 Å². The Labute approximate surface area is 250 Å². The maximum absolute atomic E-state index is 11.7. The first-order valence-corrected chi connectivity index (χ1v) is 15.6. The molecule has 0 aromatic heterocycles. The summed E-state index contributed by atoms with van der Waals surface area (Å²) in [5.41, 5.74) is 1.04. The van der Waals surface area contributed by atoms with E-state index in [-0.39, 0.29) is 29.4 Å². The standard InChI is InChI=1S/C32H53N3O7/c1-4-5-6-7-8-9-10-11-12-13-22(2)15-17-29(37)27(34-25-16-14-23(3)18-28(25)35(41)42)20-33-26-19-24(21-36)30(38)32(40)31(26)39/h14-19,22,26-27,29-34,36-40H,4-13,20-21H2,1-3H3/b17-15+/t22?,26?,27?,29-,30-,31+,32?/m1/s1. The zero-order chi connectivity index (χ0) is 31.1. The smallest absolute Gasteiger partial charge is 0.292 e. The molecule has 0 heterocycles. The van der Waals surface area contributed by atoms with Gasteiger partial charge >= 0.3 is 0 Å². The largest absolute Gasteiger partial charge is 0.392 e. The molecule has 10 nitrogen and oxygen atoms in total. The molecule has 0 saturated carbocycles. The van der Waals surface area contributed by atoms with E-state index in [9.17, 15) is 35.6 Å². The van der Waals surface area contributed by atoms with Crippen molar-refractivity contribution < 1.29 is 30.5 Å². The number of benzene rings is 1. The van der Waals surface area contributed by atoms with Crippen molar-refractivity contribution in [2.75, 3.05) is 18.5 Å². The lowest BCUT2D eigenvalue weighted by molar-refractivity contribution is -0.384. The number of aryl methyl sites for hydroxylation is 1. The summed E-state index contributed by atoms with van der Waals surface area (Å²) < 4.78 is 0. The van der Waals surface area contributed by atoms with Crippen molar-refractivity contribution >= 4 is 11.4 Å². The molecule has 0 bridgehead atoms. The van der Waals surface area contributed by atoms with Gasteiger partial charge < -0.3 is 36.2 Å². The molecule has 0 amide bonds. The number of rotatable bonds is 20. The van der Waals surface area contributed by atoms with Crippen LogP contribution in [0.15, 0.2) is 42.0 Å². The predicted octanol–water partition coefficient (Wildman–Crippen LogP) is 4.13. The van der Waals surface area contributed by atoms with E-state index in [4.69, 9.17) is 0 Å². The fraction of sp³-hybridized carbons (Fsp3) is 0.688. The SMILES string of the molecule is CCCCCCCCCCCC(C)/C=C/[C@@H](O)C(CNC1C=C(CO)[C@@H](O)C(O)[C@H]1O)Nc1ccc(C)cc1[N+](=O)[O-]. The van der Waals surface area contributed by atoms with Crippen LogP contribution in [0.3, 0.4) is 0 Å². The number of hydrogen-bond donors (Lipinski definition) is 7. The highest BCUT2D eigenvalue weighted by Crippen LogP contribution is 2.27. The number of nitrogens with zero attached hydrogens (tertiary/aromatic N) is 1. The second-order valence-electron chi connectivity index (χ2n) is 11.8. The molecule has 1 aliphatic rings. The van der Waals surface area contributed by atoms with Gasteiger partial charge in [0.15, 0.2) is 0 Å². The van der Waals surface area contributed by atoms with Gasteiger partial charge in [0, 0.05) is 12.6 Å². The van der Waals surface area contributed by atoms with E-state index in [1.54, 1.807) is 25.1 Å². The topological polar surface area (TPSA) is 168 Å². The van der Waals surface area contributed by atoms with Gasteiger partial charge in [0.25, 0.3) is 5.69 Å². The monoisotopic (exact) mass is 591 g/mol. The number of aliphatic hydroxyl groups is 5. The highest BCUT2D eigenvalue weighted by atomic mass is 16.6. The molecule has 42 heavy (non-hydrogen) atoms. The van der Waals surface area contributed by atoms with Crippen molar-refractivity contribution in [1.82, 2.24) is 5.32 Å². The lowest BCUT2D eigenvalue weighted by Crippen LogP contribution is -2.56. The summed E-state index contributed by atoms with van der Waals surface area (Å²) in [6.07, 6.45) is 12.2. The summed E-state index contributed by atoms with van der Waals surface area (Å²) in [6, 6.07) is 3.26. The van der Waals surface area contributed by atoms with Crippen LogP contribution in [-0.4, -0.2) is 80.1 Å². The molecule has 7 N–H and O–H groups in total. The van der Waals surface area contributed by atoms with Crippen molar-refractivity contribution in [2.24, 2.45) is 5.92 Å². The van der Waals surface area contributed by atoms with Crippen molar-refractivity contribution in [2.45, 2.75) is 121 Å². The first kappa shape index (κ1) is 35.9. The highest BCUT2D eigenvalue weighted by Gasteiger charge is 2.37. The Morgan fingerprint density at radius 2 is 1.64 bits per heavy atom. The third-order valence-electron chi connectivity index (χ3n) is 8.07. The summed E-state index contributed by atoms with van der Waals surface area (Å²) in [4.78, 5) is 11.2. The van der Waals surface area contributed by atoms with E-state index in [2.05, 4.69) is 24.5 Å². The van der Waals surface area contributed by atoms with E-state index < -0.39 is 48.0 Å². The number of allylic oxidation sites excluding steroid dienone is 1. The molecule has 2 rings (SSSR count). The van der Waals surface area contributed by atoms with Crippen LogP contribution in [0.1, 0.15) is 83.6 Å². The molecular weight excluding hydrogens is 538 g/mol. The highest BCUT2D eigenvalue weighted by molar-refractivity contribution is 5.63. The summed E-state index contributed by atoms with van der Waals surface area (Å²) in [7, 11) is 0. The summed E-state index contributed by atoms with van der Waals surface area (Å²) >= 11 is 0. The molecule has 0 spiro atoms. The molecule has 0 radical (unpaired) electrons. The number of anilines is 1. The molecule has 0 saturated heterocycles. The van der Waals surface area contributed by atoms with E-state index >= 15 is 0 Å². The quantitative estimate of drug-likeness (QED) is 0.0510. The van der Waals surface area contributed by atoms with Crippen LogP contribution in [0.5, 0.6) is 0 Å². The van der Waals surface area contributed by atoms with Crippen LogP contribution in [0, 0.1) is 23.0 Å². The maximum Gasteiger partial charge on any atom is 0.292 e. The fourth-order valence-corrected chi connectivity index (χ4v) is 5.32. The average molecular weight is 592 g/mol.